The fraction of sp³-hybridized carbons (Fsp3) is 0.824. The first kappa shape index (κ1) is 20.3. The number of amides is 2. The molecule has 24 heavy (non-hydrogen) atoms. The Hall–Kier alpha value is -1.79. The molecule has 1 heterocycles. The van der Waals surface area contributed by atoms with Crippen LogP contribution in [-0.4, -0.2) is 53.7 Å². The van der Waals surface area contributed by atoms with Crippen molar-refractivity contribution in [1.82, 2.24) is 10.2 Å². The van der Waals surface area contributed by atoms with Gasteiger partial charge in [-0.1, -0.05) is 0 Å². The highest BCUT2D eigenvalue weighted by atomic mass is 16.6. The number of esters is 1. The van der Waals surface area contributed by atoms with Crippen molar-refractivity contribution in [1.29, 1.82) is 0 Å². The van der Waals surface area contributed by atoms with Crippen molar-refractivity contribution in [3.8, 4) is 0 Å². The Bertz CT molecular complexity index is 448. The topological polar surface area (TPSA) is 84.9 Å². The Morgan fingerprint density at radius 2 is 1.71 bits per heavy atom. The second-order valence-corrected chi connectivity index (χ2v) is 7.27. The maximum absolute atomic E-state index is 12.2. The van der Waals surface area contributed by atoms with Gasteiger partial charge in [0.2, 0.25) is 0 Å². The van der Waals surface area contributed by atoms with Gasteiger partial charge in [0.05, 0.1) is 6.42 Å². The Morgan fingerprint density at radius 1 is 1.12 bits per heavy atom. The van der Waals surface area contributed by atoms with E-state index in [2.05, 4.69) is 5.32 Å². The molecule has 1 N–H and O–H groups in total. The molecule has 0 spiro atoms. The van der Waals surface area contributed by atoms with Crippen molar-refractivity contribution in [2.75, 3.05) is 13.2 Å². The molecule has 2 atom stereocenters. The highest BCUT2D eigenvalue weighted by molar-refractivity contribution is 5.81. The van der Waals surface area contributed by atoms with E-state index in [-0.39, 0.29) is 37.6 Å². The second kappa shape index (κ2) is 8.89. The van der Waals surface area contributed by atoms with Crippen molar-refractivity contribution in [2.24, 2.45) is 0 Å². The van der Waals surface area contributed by atoms with E-state index in [1.165, 1.54) is 0 Å². The van der Waals surface area contributed by atoms with E-state index < -0.39 is 17.7 Å². The monoisotopic (exact) mass is 342 g/mol. The zero-order valence-corrected chi connectivity index (χ0v) is 15.4. The first-order valence-electron chi connectivity index (χ1n) is 8.54. The van der Waals surface area contributed by atoms with E-state index in [0.29, 0.717) is 0 Å². The minimum Gasteiger partial charge on any atom is -0.456 e. The molecule has 0 unspecified atom stereocenters. The van der Waals surface area contributed by atoms with Gasteiger partial charge in [-0.2, -0.15) is 0 Å². The summed E-state index contributed by atoms with van der Waals surface area (Å²) in [7, 11) is 0. The third-order valence-electron chi connectivity index (χ3n) is 3.84. The number of nitrogens with zero attached hydrogens (tertiary/aromatic N) is 1. The zero-order valence-electron chi connectivity index (χ0n) is 15.4. The Morgan fingerprint density at radius 3 is 2.25 bits per heavy atom. The van der Waals surface area contributed by atoms with Gasteiger partial charge < -0.3 is 19.7 Å². The van der Waals surface area contributed by atoms with E-state index in [9.17, 15) is 14.4 Å². The molecule has 0 saturated carbocycles. The molecule has 1 rings (SSSR count). The Kier molecular flexibility index (Phi) is 7.51. The normalized spacial score (nSPS) is 21.1. The summed E-state index contributed by atoms with van der Waals surface area (Å²) in [4.78, 5) is 37.1. The average molecular weight is 342 g/mol. The number of rotatable bonds is 5. The second-order valence-electron chi connectivity index (χ2n) is 7.27. The van der Waals surface area contributed by atoms with Gasteiger partial charge in [0.25, 0.3) is 5.91 Å². The fourth-order valence-electron chi connectivity index (χ4n) is 2.78. The number of nitrogens with one attached hydrogen (secondary N) is 1. The van der Waals surface area contributed by atoms with E-state index >= 15 is 0 Å². The Balaban J connectivity index is 2.26. The average Bonchev–Trinajstić information content (AvgIpc) is 2.43. The largest absolute Gasteiger partial charge is 0.456 e. The quantitative estimate of drug-likeness (QED) is 0.775. The molecule has 0 aromatic heterocycles. The zero-order chi connectivity index (χ0) is 18.3. The predicted octanol–water partition coefficient (Wildman–Crippen LogP) is 2.23. The SMILES string of the molecule is C[C@@H]1CCC[C@H](C)N1C(=O)COC(=O)CCNC(=O)OC(C)(C)C. The first-order valence-corrected chi connectivity index (χ1v) is 8.54. The summed E-state index contributed by atoms with van der Waals surface area (Å²) in [5.41, 5.74) is -0.584. The van der Waals surface area contributed by atoms with Crippen LogP contribution < -0.4 is 5.32 Å². The van der Waals surface area contributed by atoms with Gasteiger partial charge in [0.1, 0.15) is 5.60 Å². The van der Waals surface area contributed by atoms with Crippen LogP contribution in [0.25, 0.3) is 0 Å². The van der Waals surface area contributed by atoms with Crippen LogP contribution in [0.4, 0.5) is 4.79 Å². The number of hydrogen-bond donors (Lipinski definition) is 1. The van der Waals surface area contributed by atoms with Gasteiger partial charge in [-0.3, -0.25) is 9.59 Å². The molecule has 1 aliphatic rings. The molecule has 138 valence electrons. The lowest BCUT2D eigenvalue weighted by Crippen LogP contribution is -2.49. The molecule has 0 radical (unpaired) electrons. The van der Waals surface area contributed by atoms with Crippen LogP contribution in [0.1, 0.15) is 60.3 Å². The summed E-state index contributed by atoms with van der Waals surface area (Å²) in [5, 5.41) is 2.48. The van der Waals surface area contributed by atoms with E-state index in [1.54, 1.807) is 25.7 Å². The van der Waals surface area contributed by atoms with Gasteiger partial charge in [0.15, 0.2) is 6.61 Å². The fourth-order valence-corrected chi connectivity index (χ4v) is 2.78. The number of carbonyl (C=O) groups is 3. The van der Waals surface area contributed by atoms with Crippen LogP contribution in [0.3, 0.4) is 0 Å². The summed E-state index contributed by atoms with van der Waals surface area (Å²) >= 11 is 0. The van der Waals surface area contributed by atoms with Crippen molar-refractivity contribution < 1.29 is 23.9 Å². The van der Waals surface area contributed by atoms with Gasteiger partial charge >= 0.3 is 12.1 Å². The van der Waals surface area contributed by atoms with Crippen LogP contribution in [0.5, 0.6) is 0 Å². The minimum atomic E-state index is -0.584. The lowest BCUT2D eigenvalue weighted by atomic mass is 9.97. The molecule has 7 heteroatoms. The van der Waals surface area contributed by atoms with Gasteiger partial charge in [0, 0.05) is 18.6 Å². The third kappa shape index (κ3) is 7.19. The summed E-state index contributed by atoms with van der Waals surface area (Å²) in [6, 6.07) is 0.350. The molecule has 0 aromatic carbocycles. The Labute approximate surface area is 144 Å². The lowest BCUT2D eigenvalue weighted by Gasteiger charge is -2.38. The maximum Gasteiger partial charge on any atom is 0.407 e. The first-order chi connectivity index (χ1) is 11.1. The van der Waals surface area contributed by atoms with Crippen LogP contribution in [0, 0.1) is 0 Å². The van der Waals surface area contributed by atoms with Gasteiger partial charge in [-0.25, -0.2) is 4.79 Å². The molecule has 0 aliphatic carbocycles. The molecular weight excluding hydrogens is 312 g/mol. The summed E-state index contributed by atoms with van der Waals surface area (Å²) in [6.45, 7) is 9.16. The summed E-state index contributed by atoms with van der Waals surface area (Å²) < 4.78 is 10.1. The van der Waals surface area contributed by atoms with Crippen LogP contribution in [0.15, 0.2) is 0 Å². The molecule has 1 saturated heterocycles. The molecule has 0 aromatic rings. The molecule has 2 amide bonds. The number of likely N-dealkylation sites (tertiary alicyclic amines) is 1. The summed E-state index contributed by atoms with van der Waals surface area (Å²) in [5.74, 6) is -0.681. The highest BCUT2D eigenvalue weighted by Crippen LogP contribution is 2.22. The summed E-state index contributed by atoms with van der Waals surface area (Å²) in [6.07, 6.45) is 2.48. The number of piperidine rings is 1. The highest BCUT2D eigenvalue weighted by Gasteiger charge is 2.29. The predicted molar refractivity (Wildman–Crippen MR) is 89.4 cm³/mol. The van der Waals surface area contributed by atoms with E-state index in [0.717, 1.165) is 19.3 Å². The molecule has 1 fully saturated rings. The lowest BCUT2D eigenvalue weighted by molar-refractivity contribution is -0.154. The number of ether oxygens (including phenoxy) is 2. The van der Waals surface area contributed by atoms with Gasteiger partial charge in [-0.05, 0) is 53.9 Å². The molecule has 1 aliphatic heterocycles. The number of alkyl carbamates (subject to hydrolysis) is 1. The maximum atomic E-state index is 12.2. The third-order valence-corrected chi connectivity index (χ3v) is 3.84. The number of carbonyl (C=O) groups excluding carboxylic acids is 3. The van der Waals surface area contributed by atoms with Crippen molar-refractivity contribution in [2.45, 2.75) is 78.0 Å². The van der Waals surface area contributed by atoms with Crippen molar-refractivity contribution in [3.63, 3.8) is 0 Å². The molecule has 0 bridgehead atoms. The van der Waals surface area contributed by atoms with Crippen molar-refractivity contribution >= 4 is 18.0 Å². The minimum absolute atomic E-state index is 0.00235. The number of hydrogen-bond acceptors (Lipinski definition) is 5. The van der Waals surface area contributed by atoms with Crippen LogP contribution in [-0.2, 0) is 19.1 Å². The standard InChI is InChI=1S/C17H30N2O5/c1-12-7-6-8-13(2)19(12)14(20)11-23-15(21)9-10-18-16(22)24-17(3,4)5/h12-13H,6-11H2,1-5H3,(H,18,22)/t12-,13+. The van der Waals surface area contributed by atoms with E-state index in [1.807, 2.05) is 13.8 Å². The van der Waals surface area contributed by atoms with Gasteiger partial charge in [-0.15, -0.1) is 0 Å². The van der Waals surface area contributed by atoms with E-state index in [4.69, 9.17) is 9.47 Å². The molecular formula is C17H30N2O5. The van der Waals surface area contributed by atoms with Crippen LogP contribution in [0.2, 0.25) is 0 Å². The molecule has 7 nitrogen and oxygen atoms in total. The smallest absolute Gasteiger partial charge is 0.407 e. The van der Waals surface area contributed by atoms with Crippen LogP contribution >= 0.6 is 0 Å². The van der Waals surface area contributed by atoms with Crippen molar-refractivity contribution in [3.05, 3.63) is 0 Å².